The number of quaternary nitrogens is 1. The van der Waals surface area contributed by atoms with Crippen LogP contribution in [0, 0.1) is 5.41 Å². The molecule has 0 spiro atoms. The summed E-state index contributed by atoms with van der Waals surface area (Å²) in [6.45, 7) is 12.7. The molecule has 0 bridgehead atoms. The molecule has 3 heterocycles. The van der Waals surface area contributed by atoms with Gasteiger partial charge < -0.3 is 10.3 Å². The van der Waals surface area contributed by atoms with Crippen molar-refractivity contribution < 1.29 is 13.7 Å². The van der Waals surface area contributed by atoms with Crippen LogP contribution in [0.2, 0.25) is 0 Å². The Morgan fingerprint density at radius 2 is 1.89 bits per heavy atom. The zero-order chi connectivity index (χ0) is 27.8. The Labute approximate surface area is 226 Å². The molecule has 8 nitrogen and oxygen atoms in total. The number of nitrogens with two attached hydrogens (primary N) is 1. The number of aromatic nitrogens is 2. The Balaban J connectivity index is 1.56. The lowest BCUT2D eigenvalue weighted by Gasteiger charge is -2.32. The Morgan fingerprint density at radius 3 is 2.50 bits per heavy atom. The van der Waals surface area contributed by atoms with Crippen LogP contribution < -0.4 is 10.6 Å². The van der Waals surface area contributed by atoms with Crippen LogP contribution in [0.25, 0.3) is 16.6 Å². The molecule has 5 N–H and O–H groups in total. The molecule has 1 fully saturated rings. The van der Waals surface area contributed by atoms with Gasteiger partial charge in [-0.25, -0.2) is 8.42 Å². The number of hydrogen-bond acceptors (Lipinski definition) is 5. The number of nitrogens with zero attached hydrogens (tertiary/aromatic N) is 2. The molecule has 2 aliphatic rings. The molecule has 1 saturated carbocycles. The summed E-state index contributed by atoms with van der Waals surface area (Å²) in [5.41, 5.74) is 8.99. The van der Waals surface area contributed by atoms with Crippen molar-refractivity contribution in [3.8, 4) is 0 Å². The first-order valence-corrected chi connectivity index (χ1v) is 15.5. The fourth-order valence-electron chi connectivity index (χ4n) is 5.50. The van der Waals surface area contributed by atoms with E-state index in [4.69, 9.17) is 10.4 Å². The van der Waals surface area contributed by atoms with E-state index in [1.54, 1.807) is 13.8 Å². The van der Waals surface area contributed by atoms with Crippen LogP contribution in [-0.2, 0) is 9.84 Å². The van der Waals surface area contributed by atoms with Crippen LogP contribution in [0.4, 0.5) is 0 Å². The molecule has 0 atom stereocenters. The number of nitrogens with one attached hydrogen (secondary N) is 3. The van der Waals surface area contributed by atoms with Gasteiger partial charge in [0, 0.05) is 41.6 Å². The van der Waals surface area contributed by atoms with Gasteiger partial charge >= 0.3 is 0 Å². The van der Waals surface area contributed by atoms with Crippen LogP contribution in [-0.4, -0.2) is 54.1 Å². The topological polar surface area (TPSA) is 128 Å². The van der Waals surface area contributed by atoms with Gasteiger partial charge in [-0.3, -0.25) is 15.7 Å². The maximum absolute atomic E-state index is 12.1. The zero-order valence-corrected chi connectivity index (χ0v) is 24.6. The van der Waals surface area contributed by atoms with Crippen LogP contribution in [0.5, 0.6) is 0 Å². The predicted molar refractivity (Wildman–Crippen MR) is 157 cm³/mol. The van der Waals surface area contributed by atoms with Crippen molar-refractivity contribution in [2.75, 3.05) is 12.8 Å². The summed E-state index contributed by atoms with van der Waals surface area (Å²) >= 11 is 0. The molecule has 0 amide bonds. The third kappa shape index (κ3) is 5.55. The molecule has 0 radical (unpaired) electrons. The monoisotopic (exact) mass is 539 g/mol. The van der Waals surface area contributed by atoms with Gasteiger partial charge in [0.15, 0.2) is 9.84 Å². The van der Waals surface area contributed by atoms with Crippen molar-refractivity contribution >= 4 is 38.6 Å². The van der Waals surface area contributed by atoms with E-state index < -0.39 is 14.6 Å². The highest BCUT2D eigenvalue weighted by Crippen LogP contribution is 2.38. The van der Waals surface area contributed by atoms with E-state index >= 15 is 0 Å². The lowest BCUT2D eigenvalue weighted by Crippen LogP contribution is -2.83. The molecule has 0 aromatic carbocycles. The molecule has 9 heteroatoms. The highest BCUT2D eigenvalue weighted by molar-refractivity contribution is 7.92. The minimum atomic E-state index is -3.11. The lowest BCUT2D eigenvalue weighted by molar-refractivity contribution is -0.460. The number of fused-ring (bicyclic) bond motifs is 1. The van der Waals surface area contributed by atoms with Gasteiger partial charge in [-0.1, -0.05) is 13.8 Å². The number of hydrogen-bond donors (Lipinski definition) is 4. The average molecular weight is 540 g/mol. The van der Waals surface area contributed by atoms with Crippen molar-refractivity contribution in [3.63, 3.8) is 0 Å². The molecule has 1 aliphatic carbocycles. The smallest absolute Gasteiger partial charge is 0.233 e. The molecule has 0 unspecified atom stereocenters. The largest absolute Gasteiger partial charge is 0.353 e. The van der Waals surface area contributed by atoms with Gasteiger partial charge in [0.05, 0.1) is 27.0 Å². The number of rotatable bonds is 8. The number of allylic oxidation sites excluding steroid dienone is 2. The summed E-state index contributed by atoms with van der Waals surface area (Å²) in [6.07, 6.45) is 8.63. The summed E-state index contributed by atoms with van der Waals surface area (Å²) in [4.78, 5) is 13.1. The fraction of sp³-hybridized carbons (Fsp3) is 0.552. The summed E-state index contributed by atoms with van der Waals surface area (Å²) in [6, 6.07) is 4.68. The second kappa shape index (κ2) is 10.9. The first kappa shape index (κ1) is 28.4. The number of aromatic amines is 1. The fourth-order valence-corrected chi connectivity index (χ4v) is 5.85. The first-order valence-electron chi connectivity index (χ1n) is 13.6. The van der Waals surface area contributed by atoms with Gasteiger partial charge in [-0.05, 0) is 77.0 Å². The van der Waals surface area contributed by atoms with Crippen LogP contribution >= 0.6 is 0 Å². The lowest BCUT2D eigenvalue weighted by atomic mass is 9.83. The Kier molecular flexibility index (Phi) is 8.12. The van der Waals surface area contributed by atoms with Gasteiger partial charge in [0.1, 0.15) is 12.5 Å². The second-order valence-corrected chi connectivity index (χ2v) is 14.5. The maximum Gasteiger partial charge on any atom is 0.233 e. The van der Waals surface area contributed by atoms with Crippen LogP contribution in [0.15, 0.2) is 34.5 Å². The zero-order valence-electron chi connectivity index (χ0n) is 23.8. The number of pyridine rings is 1. The van der Waals surface area contributed by atoms with Gasteiger partial charge in [0.2, 0.25) is 5.84 Å². The molecule has 1 aliphatic heterocycles. The van der Waals surface area contributed by atoms with Crippen molar-refractivity contribution in [2.45, 2.75) is 89.9 Å². The Morgan fingerprint density at radius 1 is 1.21 bits per heavy atom. The molecule has 0 saturated heterocycles. The average Bonchev–Trinajstić information content (AvgIpc) is 3.24. The van der Waals surface area contributed by atoms with Crippen LogP contribution in [0.1, 0.15) is 96.0 Å². The van der Waals surface area contributed by atoms with Crippen molar-refractivity contribution in [2.24, 2.45) is 4.99 Å². The molecule has 2 aromatic rings. The summed E-state index contributed by atoms with van der Waals surface area (Å²) in [5.74, 6) is 1.53. The molecule has 38 heavy (non-hydrogen) atoms. The minimum absolute atomic E-state index is 0.297. The number of amidine groups is 1. The summed E-state index contributed by atoms with van der Waals surface area (Å²) in [7, 11) is -3.11. The molecule has 206 valence electrons. The van der Waals surface area contributed by atoms with E-state index in [1.165, 1.54) is 11.8 Å². The first-order chi connectivity index (χ1) is 17.8. The molecular formula is C29H43N6O2S+. The van der Waals surface area contributed by atoms with Crippen molar-refractivity contribution in [1.29, 1.82) is 5.41 Å². The van der Waals surface area contributed by atoms with Gasteiger partial charge in [0.25, 0.3) is 0 Å². The van der Waals surface area contributed by atoms with Gasteiger partial charge in [-0.15, -0.1) is 0 Å². The van der Waals surface area contributed by atoms with E-state index in [0.717, 1.165) is 77.0 Å². The summed E-state index contributed by atoms with van der Waals surface area (Å²) < 4.78 is 23.3. The maximum atomic E-state index is 12.1. The van der Waals surface area contributed by atoms with Crippen molar-refractivity contribution in [3.05, 3.63) is 46.4 Å². The van der Waals surface area contributed by atoms with E-state index in [2.05, 4.69) is 61.3 Å². The predicted octanol–water partition coefficient (Wildman–Crippen LogP) is 4.39. The highest BCUT2D eigenvalue weighted by atomic mass is 32.2. The SMILES string of the molecule is CC1=C(C)C(=NC=N)[NH2+]C=C1c1[nH]c2ccc(C3CCC(NCC(C)(C)S(C)(=O)=O)CC3)nc2c1C(C)C. The van der Waals surface area contributed by atoms with E-state index in [0.29, 0.717) is 24.4 Å². The quantitative estimate of drug-likeness (QED) is 0.293. The molecule has 2 aromatic heterocycles. The number of H-pyrrole nitrogens is 1. The third-order valence-corrected chi connectivity index (χ3v) is 10.6. The molecular weight excluding hydrogens is 496 g/mol. The van der Waals surface area contributed by atoms with Crippen molar-refractivity contribution in [1.82, 2.24) is 15.3 Å². The van der Waals surface area contributed by atoms with Crippen LogP contribution in [0.3, 0.4) is 0 Å². The highest BCUT2D eigenvalue weighted by Gasteiger charge is 2.32. The van der Waals surface area contributed by atoms with E-state index in [-0.39, 0.29) is 0 Å². The Hall–Kier alpha value is -2.62. The second-order valence-electron chi connectivity index (χ2n) is 11.8. The number of sulfone groups is 1. The third-order valence-electron chi connectivity index (χ3n) is 8.48. The van der Waals surface area contributed by atoms with E-state index in [1.807, 2.05) is 5.32 Å². The standard InChI is InChI=1S/C29H42N6O2S/c1-17(2)25-26(22-14-31-28(33-16-30)19(4)18(22)3)35-24-13-12-23(34-27(24)25)20-8-10-21(11-9-20)32-15-29(5,6)38(7,36)37/h12-14,16-17,20-21,32,35H,8-11,15H2,1-7H3,(H2,30,31,33)/p+1. The molecule has 4 rings (SSSR count). The van der Waals surface area contributed by atoms with Gasteiger partial charge in [-0.2, -0.15) is 4.99 Å². The van der Waals surface area contributed by atoms with E-state index in [9.17, 15) is 8.42 Å². The summed E-state index contributed by atoms with van der Waals surface area (Å²) in [5, 5.41) is 12.8. The number of aliphatic imine (C=N–C) groups is 1. The minimum Gasteiger partial charge on any atom is -0.353 e. The normalized spacial score (nSPS) is 22.4. The Bertz CT molecular complexity index is 1420.